The molecule has 0 fully saturated rings. The molecule has 3 aromatic carbocycles. The van der Waals surface area contributed by atoms with E-state index in [1.54, 1.807) is 54.5 Å². The molecule has 4 rings (SSSR count). The lowest BCUT2D eigenvalue weighted by atomic mass is 10.1. The smallest absolute Gasteiger partial charge is 0.265 e. The van der Waals surface area contributed by atoms with Crippen LogP contribution in [-0.4, -0.2) is 25.5 Å². The Balaban J connectivity index is 1.52. The zero-order valence-electron chi connectivity index (χ0n) is 16.8. The van der Waals surface area contributed by atoms with Crippen molar-refractivity contribution in [3.8, 4) is 11.5 Å². The van der Waals surface area contributed by atoms with Crippen LogP contribution in [0.25, 0.3) is 0 Å². The fraction of sp³-hybridized carbons (Fsp3) is 0.167. The minimum Gasteiger partial charge on any atom is -0.497 e. The zero-order valence-corrected chi connectivity index (χ0v) is 16.8. The highest BCUT2D eigenvalue weighted by Gasteiger charge is 2.26. The minimum atomic E-state index is -0.235. The lowest BCUT2D eigenvalue weighted by molar-refractivity contribution is -0.121. The topological polar surface area (TPSA) is 67.9 Å². The number of aryl methyl sites for hydroxylation is 1. The Kier molecular flexibility index (Phi) is 5.39. The van der Waals surface area contributed by atoms with Gasteiger partial charge in [-0.25, -0.2) is 0 Å². The Bertz CT molecular complexity index is 1080. The first-order chi connectivity index (χ1) is 14.5. The molecule has 1 heterocycles. The molecule has 0 bridgehead atoms. The number of ether oxygens (including phenoxy) is 2. The Morgan fingerprint density at radius 1 is 1.07 bits per heavy atom. The van der Waals surface area contributed by atoms with Gasteiger partial charge in [-0.15, -0.1) is 0 Å². The van der Waals surface area contributed by atoms with E-state index in [1.165, 1.54) is 5.56 Å². The molecule has 0 radical (unpaired) electrons. The molecule has 2 amide bonds. The average Bonchev–Trinajstić information content (AvgIpc) is 2.77. The van der Waals surface area contributed by atoms with Crippen molar-refractivity contribution in [1.29, 1.82) is 0 Å². The summed E-state index contributed by atoms with van der Waals surface area (Å²) in [6, 6.07) is 20.3. The van der Waals surface area contributed by atoms with Crippen LogP contribution in [0.2, 0.25) is 0 Å². The van der Waals surface area contributed by atoms with E-state index in [0.717, 1.165) is 5.56 Å². The van der Waals surface area contributed by atoms with E-state index in [2.05, 4.69) is 5.32 Å². The van der Waals surface area contributed by atoms with Crippen molar-refractivity contribution >= 4 is 23.2 Å². The summed E-state index contributed by atoms with van der Waals surface area (Å²) >= 11 is 0. The van der Waals surface area contributed by atoms with Crippen LogP contribution >= 0.6 is 0 Å². The molecule has 0 spiro atoms. The van der Waals surface area contributed by atoms with Gasteiger partial charge in [0.05, 0.1) is 19.3 Å². The van der Waals surface area contributed by atoms with Crippen LogP contribution in [0.5, 0.6) is 11.5 Å². The second kappa shape index (κ2) is 8.29. The highest BCUT2D eigenvalue weighted by Crippen LogP contribution is 2.35. The molecule has 1 N–H and O–H groups in total. The minimum absolute atomic E-state index is 0.0330. The van der Waals surface area contributed by atoms with Crippen molar-refractivity contribution in [2.24, 2.45) is 0 Å². The van der Waals surface area contributed by atoms with Gasteiger partial charge in [-0.05, 0) is 48.9 Å². The van der Waals surface area contributed by atoms with Gasteiger partial charge in [0, 0.05) is 17.3 Å². The van der Waals surface area contributed by atoms with Crippen LogP contribution < -0.4 is 19.7 Å². The fourth-order valence-electron chi connectivity index (χ4n) is 3.28. The molecular formula is C24H22N2O4. The summed E-state index contributed by atoms with van der Waals surface area (Å²) in [5.74, 6) is 0.917. The molecule has 0 unspecified atom stereocenters. The van der Waals surface area contributed by atoms with Gasteiger partial charge in [0.15, 0.2) is 6.61 Å². The summed E-state index contributed by atoms with van der Waals surface area (Å²) in [6.45, 7) is 2.46. The van der Waals surface area contributed by atoms with E-state index in [9.17, 15) is 9.59 Å². The van der Waals surface area contributed by atoms with E-state index in [0.29, 0.717) is 35.0 Å². The van der Waals surface area contributed by atoms with Gasteiger partial charge in [0.1, 0.15) is 11.5 Å². The molecule has 30 heavy (non-hydrogen) atoms. The number of benzene rings is 3. The van der Waals surface area contributed by atoms with Crippen LogP contribution in [0.15, 0.2) is 66.7 Å². The molecule has 6 nitrogen and oxygen atoms in total. The number of methoxy groups -OCH3 is 1. The van der Waals surface area contributed by atoms with Gasteiger partial charge >= 0.3 is 0 Å². The number of hydrogen-bond donors (Lipinski definition) is 1. The van der Waals surface area contributed by atoms with E-state index in [-0.39, 0.29) is 18.4 Å². The summed E-state index contributed by atoms with van der Waals surface area (Å²) in [6.07, 6.45) is 0. The molecule has 152 valence electrons. The second-order valence-corrected chi connectivity index (χ2v) is 7.12. The normalized spacial score (nSPS) is 12.7. The monoisotopic (exact) mass is 402 g/mol. The van der Waals surface area contributed by atoms with Crippen LogP contribution in [0.3, 0.4) is 0 Å². The number of nitrogens with one attached hydrogen (secondary N) is 1. The van der Waals surface area contributed by atoms with Crippen LogP contribution in [0.1, 0.15) is 21.5 Å². The van der Waals surface area contributed by atoms with Crippen molar-refractivity contribution in [2.45, 2.75) is 13.5 Å². The summed E-state index contributed by atoms with van der Waals surface area (Å²) in [5, 5.41) is 2.86. The number of carbonyl (C=O) groups is 2. The van der Waals surface area contributed by atoms with Gasteiger partial charge < -0.3 is 19.7 Å². The maximum Gasteiger partial charge on any atom is 0.265 e. The molecular weight excluding hydrogens is 380 g/mol. The predicted octanol–water partition coefficient (Wildman–Crippen LogP) is 4.18. The number of anilines is 2. The molecule has 1 aliphatic heterocycles. The number of amides is 2. The average molecular weight is 402 g/mol. The molecule has 6 heteroatoms. The van der Waals surface area contributed by atoms with Crippen molar-refractivity contribution in [2.75, 3.05) is 23.9 Å². The Morgan fingerprint density at radius 3 is 2.50 bits per heavy atom. The van der Waals surface area contributed by atoms with Crippen molar-refractivity contribution < 1.29 is 19.1 Å². The quantitative estimate of drug-likeness (QED) is 0.695. The number of nitrogens with zero attached hydrogens (tertiary/aromatic N) is 1. The number of fused-ring (bicyclic) bond motifs is 1. The molecule has 0 atom stereocenters. The van der Waals surface area contributed by atoms with Crippen molar-refractivity contribution in [3.05, 3.63) is 83.4 Å². The van der Waals surface area contributed by atoms with Gasteiger partial charge in [-0.2, -0.15) is 0 Å². The first kappa shape index (κ1) is 19.5. The third kappa shape index (κ3) is 4.12. The summed E-state index contributed by atoms with van der Waals surface area (Å²) in [5.41, 5.74) is 4.02. The molecule has 1 aliphatic rings. The maximum atomic E-state index is 12.5. The largest absolute Gasteiger partial charge is 0.497 e. The lowest BCUT2D eigenvalue weighted by Gasteiger charge is -2.30. The molecule has 0 saturated carbocycles. The highest BCUT2D eigenvalue weighted by atomic mass is 16.5. The van der Waals surface area contributed by atoms with Crippen LogP contribution in [0, 0.1) is 6.92 Å². The van der Waals surface area contributed by atoms with Crippen LogP contribution in [0.4, 0.5) is 11.4 Å². The summed E-state index contributed by atoms with van der Waals surface area (Å²) < 4.78 is 10.7. The highest BCUT2D eigenvalue weighted by molar-refractivity contribution is 6.05. The Labute approximate surface area is 175 Å². The standard InChI is InChI=1S/C24H22N2O4/c1-16-3-5-17(6-4-16)14-26-21-12-9-19(13-22(21)30-15-23(26)27)25-24(28)18-7-10-20(29-2)11-8-18/h3-13H,14-15H2,1-2H3,(H,25,28). The number of rotatable bonds is 5. The van der Waals surface area contributed by atoms with Crippen molar-refractivity contribution in [1.82, 2.24) is 0 Å². The molecule has 0 aliphatic carbocycles. The van der Waals surface area contributed by atoms with Gasteiger partial charge in [-0.3, -0.25) is 9.59 Å². The third-order valence-electron chi connectivity index (χ3n) is 4.97. The zero-order chi connectivity index (χ0) is 21.1. The first-order valence-corrected chi connectivity index (χ1v) is 9.61. The Hall–Kier alpha value is -3.80. The van der Waals surface area contributed by atoms with E-state index in [4.69, 9.17) is 9.47 Å². The van der Waals surface area contributed by atoms with E-state index >= 15 is 0 Å². The predicted molar refractivity (Wildman–Crippen MR) is 115 cm³/mol. The summed E-state index contributed by atoms with van der Waals surface area (Å²) in [7, 11) is 1.58. The van der Waals surface area contributed by atoms with Crippen LogP contribution in [-0.2, 0) is 11.3 Å². The molecule has 0 aromatic heterocycles. The second-order valence-electron chi connectivity index (χ2n) is 7.12. The van der Waals surface area contributed by atoms with Gasteiger partial charge in [0.25, 0.3) is 11.8 Å². The van der Waals surface area contributed by atoms with Crippen molar-refractivity contribution in [3.63, 3.8) is 0 Å². The van der Waals surface area contributed by atoms with Gasteiger partial charge in [0.2, 0.25) is 0 Å². The lowest BCUT2D eigenvalue weighted by Crippen LogP contribution is -2.38. The Morgan fingerprint density at radius 2 is 1.80 bits per heavy atom. The molecule has 3 aromatic rings. The SMILES string of the molecule is COc1ccc(C(=O)Nc2ccc3c(c2)OCC(=O)N3Cc2ccc(C)cc2)cc1. The van der Waals surface area contributed by atoms with E-state index in [1.807, 2.05) is 31.2 Å². The van der Waals surface area contributed by atoms with Gasteiger partial charge in [-0.1, -0.05) is 29.8 Å². The third-order valence-corrected chi connectivity index (χ3v) is 4.97. The first-order valence-electron chi connectivity index (χ1n) is 9.61. The molecule has 0 saturated heterocycles. The fourth-order valence-corrected chi connectivity index (χ4v) is 3.28. The maximum absolute atomic E-state index is 12.5. The number of hydrogen-bond acceptors (Lipinski definition) is 4. The van der Waals surface area contributed by atoms with E-state index < -0.39 is 0 Å². The summed E-state index contributed by atoms with van der Waals surface area (Å²) in [4.78, 5) is 26.7. The number of carbonyl (C=O) groups excluding carboxylic acids is 2.